The smallest absolute Gasteiger partial charge is 0.224 e. The molecule has 5 unspecified atom stereocenters. The molecule has 8 heteroatoms. The average molecular weight is 424 g/mol. The number of nitrogens with two attached hydrogens (primary N) is 2. The molecular weight excluding hydrogens is 378 g/mol. The predicted molar refractivity (Wildman–Crippen MR) is 121 cm³/mol. The third-order valence-electron chi connectivity index (χ3n) is 7.27. The van der Waals surface area contributed by atoms with Gasteiger partial charge in [-0.15, -0.1) is 0 Å². The van der Waals surface area contributed by atoms with E-state index in [4.69, 9.17) is 11.5 Å². The van der Waals surface area contributed by atoms with E-state index in [0.717, 1.165) is 38.8 Å². The fraction of sp³-hybridized carbons (Fsp3) is 0.955. The van der Waals surface area contributed by atoms with Crippen LogP contribution in [-0.2, 0) is 4.79 Å². The molecule has 3 aliphatic heterocycles. The van der Waals surface area contributed by atoms with Crippen LogP contribution in [0.5, 0.6) is 0 Å². The fourth-order valence-electron chi connectivity index (χ4n) is 5.24. The highest BCUT2D eigenvalue weighted by Crippen LogP contribution is 2.24. The van der Waals surface area contributed by atoms with Crippen LogP contribution >= 0.6 is 0 Å². The first-order chi connectivity index (χ1) is 14.2. The van der Waals surface area contributed by atoms with E-state index in [-0.39, 0.29) is 30.3 Å². The molecule has 0 aromatic carbocycles. The molecule has 6 atom stereocenters. The Hall–Kier alpha value is -0.770. The van der Waals surface area contributed by atoms with Crippen molar-refractivity contribution in [2.45, 2.75) is 96.4 Å². The summed E-state index contributed by atoms with van der Waals surface area (Å²) in [6.07, 6.45) is 5.44. The Morgan fingerprint density at radius 1 is 1.07 bits per heavy atom. The monoisotopic (exact) mass is 423 g/mol. The first-order valence-corrected chi connectivity index (χ1v) is 12.0. The molecule has 30 heavy (non-hydrogen) atoms. The highest BCUT2D eigenvalue weighted by Gasteiger charge is 2.39. The summed E-state index contributed by atoms with van der Waals surface area (Å²) in [5.41, 5.74) is 12.1. The molecule has 0 aliphatic carbocycles. The molecule has 3 aliphatic rings. The van der Waals surface area contributed by atoms with Crippen molar-refractivity contribution in [1.82, 2.24) is 26.2 Å². The van der Waals surface area contributed by atoms with Crippen molar-refractivity contribution >= 4 is 5.91 Å². The normalized spacial score (nSPS) is 39.2. The maximum Gasteiger partial charge on any atom is 0.224 e. The van der Waals surface area contributed by atoms with Gasteiger partial charge in [0.2, 0.25) is 5.91 Å². The maximum absolute atomic E-state index is 12.2. The Labute approximate surface area is 182 Å². The van der Waals surface area contributed by atoms with E-state index in [9.17, 15) is 4.79 Å². The maximum atomic E-state index is 12.2. The number of hydrogen-bond acceptors (Lipinski definition) is 7. The summed E-state index contributed by atoms with van der Waals surface area (Å²) in [4.78, 5) is 14.6. The van der Waals surface area contributed by atoms with E-state index < -0.39 is 0 Å². The van der Waals surface area contributed by atoms with Crippen LogP contribution < -0.4 is 32.7 Å². The quantitative estimate of drug-likeness (QED) is 0.358. The number of likely N-dealkylation sites (tertiary alicyclic amines) is 1. The van der Waals surface area contributed by atoms with Gasteiger partial charge in [-0.1, -0.05) is 34.1 Å². The minimum Gasteiger partial charge on any atom is -0.369 e. The predicted octanol–water partition coefficient (Wildman–Crippen LogP) is 0.0944. The van der Waals surface area contributed by atoms with Crippen LogP contribution in [0.4, 0.5) is 0 Å². The summed E-state index contributed by atoms with van der Waals surface area (Å²) in [5, 5.41) is 14.8. The molecule has 1 amide bonds. The SMILES string of the molecule is CC(C)C1CC(NC2NC(N3CCCC[C@H](N)C3)NCC2C(N)=O)CC(C(C)C)N1. The number of carbonyl (C=O) groups excluding carboxylic acids is 1. The summed E-state index contributed by atoms with van der Waals surface area (Å²) in [6.45, 7) is 11.6. The Kier molecular flexibility index (Phi) is 8.52. The van der Waals surface area contributed by atoms with Crippen LogP contribution in [0.3, 0.4) is 0 Å². The van der Waals surface area contributed by atoms with Gasteiger partial charge in [0.15, 0.2) is 0 Å². The third-order valence-corrected chi connectivity index (χ3v) is 7.27. The number of amides is 1. The van der Waals surface area contributed by atoms with Crippen molar-refractivity contribution in [2.75, 3.05) is 19.6 Å². The summed E-state index contributed by atoms with van der Waals surface area (Å²) in [6, 6.07) is 1.53. The molecule has 0 bridgehead atoms. The van der Waals surface area contributed by atoms with Crippen LogP contribution in [0.2, 0.25) is 0 Å². The van der Waals surface area contributed by atoms with Crippen molar-refractivity contribution in [3.8, 4) is 0 Å². The Morgan fingerprint density at radius 3 is 2.33 bits per heavy atom. The summed E-state index contributed by atoms with van der Waals surface area (Å²) in [5.74, 6) is 0.630. The molecule has 3 heterocycles. The topological polar surface area (TPSA) is 120 Å². The van der Waals surface area contributed by atoms with Gasteiger partial charge in [-0.3, -0.25) is 25.6 Å². The lowest BCUT2D eigenvalue weighted by molar-refractivity contribution is -0.124. The molecule has 0 aromatic rings. The second-order valence-corrected chi connectivity index (χ2v) is 10.4. The van der Waals surface area contributed by atoms with Gasteiger partial charge < -0.3 is 16.8 Å². The van der Waals surface area contributed by atoms with Crippen molar-refractivity contribution in [3.05, 3.63) is 0 Å². The molecule has 0 saturated carbocycles. The zero-order valence-electron chi connectivity index (χ0n) is 19.4. The zero-order valence-corrected chi connectivity index (χ0v) is 19.4. The minimum atomic E-state index is -0.271. The highest BCUT2D eigenvalue weighted by molar-refractivity contribution is 5.77. The summed E-state index contributed by atoms with van der Waals surface area (Å²) in [7, 11) is 0. The molecular formula is C22H45N7O. The van der Waals surface area contributed by atoms with Gasteiger partial charge in [0, 0.05) is 43.8 Å². The van der Waals surface area contributed by atoms with Crippen LogP contribution in [0.15, 0.2) is 0 Å². The number of hydrogen-bond donors (Lipinski definition) is 6. The average Bonchev–Trinajstić information content (AvgIpc) is 2.91. The Balaban J connectivity index is 1.69. The lowest BCUT2D eigenvalue weighted by Crippen LogP contribution is -2.72. The van der Waals surface area contributed by atoms with Gasteiger partial charge in [0.1, 0.15) is 6.29 Å². The van der Waals surface area contributed by atoms with E-state index >= 15 is 0 Å². The molecule has 0 spiro atoms. The van der Waals surface area contributed by atoms with Crippen molar-refractivity contribution in [2.24, 2.45) is 29.2 Å². The molecule has 0 radical (unpaired) electrons. The van der Waals surface area contributed by atoms with Gasteiger partial charge >= 0.3 is 0 Å². The van der Waals surface area contributed by atoms with Crippen LogP contribution in [0.25, 0.3) is 0 Å². The standard InChI is InChI=1S/C22H45N7O/c1-13(2)18-9-16(10-19(27-18)14(3)4)26-21-17(20(24)30)11-25-22(28-21)29-8-6-5-7-15(23)12-29/h13-19,21-22,25-28H,5-12,23H2,1-4H3,(H2,24,30)/t15-,16?,17?,18?,19?,21?,22?/m0/s1. The van der Waals surface area contributed by atoms with E-state index in [2.05, 4.69) is 53.9 Å². The fourth-order valence-corrected chi connectivity index (χ4v) is 5.24. The largest absolute Gasteiger partial charge is 0.369 e. The van der Waals surface area contributed by atoms with Gasteiger partial charge in [0.25, 0.3) is 0 Å². The molecule has 174 valence electrons. The summed E-state index contributed by atoms with van der Waals surface area (Å²) < 4.78 is 0. The van der Waals surface area contributed by atoms with E-state index in [1.807, 2.05) is 0 Å². The van der Waals surface area contributed by atoms with E-state index in [1.165, 1.54) is 6.42 Å². The van der Waals surface area contributed by atoms with Crippen molar-refractivity contribution in [1.29, 1.82) is 0 Å². The number of primary amides is 1. The minimum absolute atomic E-state index is 0.0192. The number of carbonyl (C=O) groups is 1. The number of nitrogens with one attached hydrogen (secondary N) is 4. The van der Waals surface area contributed by atoms with Gasteiger partial charge in [-0.2, -0.15) is 0 Å². The highest BCUT2D eigenvalue weighted by atomic mass is 16.1. The van der Waals surface area contributed by atoms with Crippen LogP contribution in [0.1, 0.15) is 59.8 Å². The summed E-state index contributed by atoms with van der Waals surface area (Å²) >= 11 is 0. The first-order valence-electron chi connectivity index (χ1n) is 12.0. The van der Waals surface area contributed by atoms with E-state index in [1.54, 1.807) is 0 Å². The Morgan fingerprint density at radius 2 is 1.73 bits per heavy atom. The number of piperidine rings is 1. The molecule has 3 saturated heterocycles. The number of nitrogens with zero attached hydrogens (tertiary/aromatic N) is 1. The molecule has 3 fully saturated rings. The van der Waals surface area contributed by atoms with Crippen LogP contribution in [-0.4, -0.2) is 67.1 Å². The molecule has 3 rings (SSSR count). The zero-order chi connectivity index (χ0) is 21.8. The first kappa shape index (κ1) is 23.9. The van der Waals surface area contributed by atoms with Gasteiger partial charge in [-0.05, 0) is 37.5 Å². The Bertz CT molecular complexity index is 542. The molecule has 8 nitrogen and oxygen atoms in total. The lowest BCUT2D eigenvalue weighted by Gasteiger charge is -2.46. The molecule has 8 N–H and O–H groups in total. The van der Waals surface area contributed by atoms with Crippen LogP contribution in [0, 0.1) is 17.8 Å². The number of rotatable bonds is 6. The third kappa shape index (κ3) is 6.14. The van der Waals surface area contributed by atoms with Crippen molar-refractivity contribution < 1.29 is 4.79 Å². The second-order valence-electron chi connectivity index (χ2n) is 10.4. The van der Waals surface area contributed by atoms with Gasteiger partial charge in [0.05, 0.1) is 12.1 Å². The van der Waals surface area contributed by atoms with E-state index in [0.29, 0.717) is 36.5 Å². The van der Waals surface area contributed by atoms with Crippen molar-refractivity contribution in [3.63, 3.8) is 0 Å². The van der Waals surface area contributed by atoms with Gasteiger partial charge in [-0.25, -0.2) is 0 Å². The molecule has 0 aromatic heterocycles. The second kappa shape index (κ2) is 10.7. The lowest BCUT2D eigenvalue weighted by atomic mass is 9.83.